The SMILES string of the molecule is Cc1cc(C)c(CC(O)C(=O)O)s1. The summed E-state index contributed by atoms with van der Waals surface area (Å²) in [7, 11) is 0. The number of aryl methyl sites for hydroxylation is 2. The van der Waals surface area contributed by atoms with Gasteiger partial charge in [0.2, 0.25) is 0 Å². The van der Waals surface area contributed by atoms with Crippen LogP contribution in [0.3, 0.4) is 0 Å². The van der Waals surface area contributed by atoms with Gasteiger partial charge in [-0.1, -0.05) is 0 Å². The number of carboxylic acids is 1. The Morgan fingerprint density at radius 3 is 2.62 bits per heavy atom. The van der Waals surface area contributed by atoms with Crippen molar-refractivity contribution < 1.29 is 15.0 Å². The number of rotatable bonds is 3. The zero-order chi connectivity index (χ0) is 10.0. The summed E-state index contributed by atoms with van der Waals surface area (Å²) in [6, 6.07) is 1.99. The van der Waals surface area contributed by atoms with Crippen molar-refractivity contribution in [2.24, 2.45) is 0 Å². The molecule has 1 unspecified atom stereocenters. The molecule has 0 saturated carbocycles. The predicted molar refractivity (Wildman–Crippen MR) is 51.1 cm³/mol. The van der Waals surface area contributed by atoms with Gasteiger partial charge < -0.3 is 10.2 Å². The minimum absolute atomic E-state index is 0.208. The third kappa shape index (κ3) is 2.54. The minimum atomic E-state index is -1.28. The van der Waals surface area contributed by atoms with Gasteiger partial charge >= 0.3 is 5.97 Å². The maximum Gasteiger partial charge on any atom is 0.332 e. The second-order valence-electron chi connectivity index (χ2n) is 3.02. The normalized spacial score (nSPS) is 12.8. The van der Waals surface area contributed by atoms with E-state index < -0.39 is 12.1 Å². The van der Waals surface area contributed by atoms with Gasteiger partial charge in [-0.25, -0.2) is 4.79 Å². The van der Waals surface area contributed by atoms with Gasteiger partial charge in [0.1, 0.15) is 0 Å². The third-order valence-electron chi connectivity index (χ3n) is 1.81. The van der Waals surface area contributed by atoms with Crippen molar-refractivity contribution >= 4 is 17.3 Å². The molecule has 0 aromatic carbocycles. The van der Waals surface area contributed by atoms with E-state index in [4.69, 9.17) is 10.2 Å². The van der Waals surface area contributed by atoms with Crippen LogP contribution in [0.2, 0.25) is 0 Å². The van der Waals surface area contributed by atoms with Gasteiger partial charge in [-0.05, 0) is 25.5 Å². The summed E-state index contributed by atoms with van der Waals surface area (Å²) >= 11 is 1.54. The first kappa shape index (κ1) is 10.2. The van der Waals surface area contributed by atoms with Gasteiger partial charge in [-0.15, -0.1) is 11.3 Å². The summed E-state index contributed by atoms with van der Waals surface area (Å²) in [5, 5.41) is 17.6. The Kier molecular flexibility index (Phi) is 3.06. The number of carbonyl (C=O) groups is 1. The van der Waals surface area contributed by atoms with Crippen LogP contribution in [0.5, 0.6) is 0 Å². The quantitative estimate of drug-likeness (QED) is 0.774. The van der Waals surface area contributed by atoms with E-state index >= 15 is 0 Å². The minimum Gasteiger partial charge on any atom is -0.479 e. The fraction of sp³-hybridized carbons (Fsp3) is 0.444. The van der Waals surface area contributed by atoms with E-state index in [2.05, 4.69) is 0 Å². The van der Waals surface area contributed by atoms with Crippen LogP contribution in [0.4, 0.5) is 0 Å². The Balaban J connectivity index is 2.74. The Labute approximate surface area is 80.6 Å². The molecule has 0 spiro atoms. The molecule has 0 saturated heterocycles. The highest BCUT2D eigenvalue weighted by molar-refractivity contribution is 7.12. The van der Waals surface area contributed by atoms with Crippen molar-refractivity contribution in [1.29, 1.82) is 0 Å². The zero-order valence-electron chi connectivity index (χ0n) is 7.57. The fourth-order valence-corrected chi connectivity index (χ4v) is 2.24. The molecule has 13 heavy (non-hydrogen) atoms. The molecule has 4 heteroatoms. The highest BCUT2D eigenvalue weighted by atomic mass is 32.1. The lowest BCUT2D eigenvalue weighted by molar-refractivity contribution is -0.146. The van der Waals surface area contributed by atoms with E-state index in [1.165, 1.54) is 11.3 Å². The van der Waals surface area contributed by atoms with Crippen molar-refractivity contribution in [2.75, 3.05) is 0 Å². The summed E-state index contributed by atoms with van der Waals surface area (Å²) in [4.78, 5) is 12.5. The Bertz CT molecular complexity index is 317. The molecule has 3 nitrogen and oxygen atoms in total. The third-order valence-corrected chi connectivity index (χ3v) is 2.98. The molecule has 1 aromatic heterocycles. The second-order valence-corrected chi connectivity index (χ2v) is 4.36. The summed E-state index contributed by atoms with van der Waals surface area (Å²) < 4.78 is 0. The lowest BCUT2D eigenvalue weighted by atomic mass is 10.1. The number of carboxylic acid groups (broad SMARTS) is 1. The van der Waals surface area contributed by atoms with E-state index in [1.54, 1.807) is 0 Å². The number of aliphatic carboxylic acids is 1. The highest BCUT2D eigenvalue weighted by Gasteiger charge is 2.16. The molecule has 1 atom stereocenters. The molecule has 72 valence electrons. The lowest BCUT2D eigenvalue weighted by Crippen LogP contribution is -2.21. The van der Waals surface area contributed by atoms with Gasteiger partial charge in [0.15, 0.2) is 6.10 Å². The molecule has 0 aliphatic heterocycles. The van der Waals surface area contributed by atoms with Crippen molar-refractivity contribution in [1.82, 2.24) is 0 Å². The first-order valence-corrected chi connectivity index (χ1v) is 4.79. The molecule has 1 heterocycles. The van der Waals surface area contributed by atoms with Gasteiger partial charge in [0.05, 0.1) is 0 Å². The Hall–Kier alpha value is -0.870. The molecule has 2 N–H and O–H groups in total. The van der Waals surface area contributed by atoms with Crippen molar-refractivity contribution in [2.45, 2.75) is 26.4 Å². The molecular formula is C9H12O3S. The van der Waals surface area contributed by atoms with E-state index in [-0.39, 0.29) is 6.42 Å². The van der Waals surface area contributed by atoms with Gasteiger partial charge in [0, 0.05) is 16.2 Å². The number of aliphatic hydroxyl groups is 1. The summed E-state index contributed by atoms with van der Waals surface area (Å²) in [6.45, 7) is 3.89. The van der Waals surface area contributed by atoms with Crippen molar-refractivity contribution in [3.8, 4) is 0 Å². The Morgan fingerprint density at radius 2 is 2.23 bits per heavy atom. The number of hydrogen-bond acceptors (Lipinski definition) is 3. The molecule has 1 aromatic rings. The first-order valence-electron chi connectivity index (χ1n) is 3.97. The smallest absolute Gasteiger partial charge is 0.332 e. The second kappa shape index (κ2) is 3.89. The average molecular weight is 200 g/mol. The Morgan fingerprint density at radius 1 is 1.62 bits per heavy atom. The van der Waals surface area contributed by atoms with Crippen LogP contribution in [0.15, 0.2) is 6.07 Å². The van der Waals surface area contributed by atoms with Crippen molar-refractivity contribution in [3.05, 3.63) is 21.4 Å². The molecule has 0 fully saturated rings. The predicted octanol–water partition coefficient (Wildman–Crippen LogP) is 1.35. The van der Waals surface area contributed by atoms with E-state index in [9.17, 15) is 4.79 Å². The molecule has 0 amide bonds. The molecule has 0 aliphatic carbocycles. The van der Waals surface area contributed by atoms with Gasteiger partial charge in [0.25, 0.3) is 0 Å². The number of hydrogen-bond donors (Lipinski definition) is 2. The van der Waals surface area contributed by atoms with Crippen LogP contribution in [0, 0.1) is 13.8 Å². The van der Waals surface area contributed by atoms with Crippen LogP contribution in [0.1, 0.15) is 15.3 Å². The van der Waals surface area contributed by atoms with Gasteiger partial charge in [-0.2, -0.15) is 0 Å². The van der Waals surface area contributed by atoms with Crippen LogP contribution in [-0.2, 0) is 11.2 Å². The van der Waals surface area contributed by atoms with Crippen LogP contribution in [-0.4, -0.2) is 22.3 Å². The van der Waals surface area contributed by atoms with Crippen LogP contribution in [0.25, 0.3) is 0 Å². The topological polar surface area (TPSA) is 57.5 Å². The number of thiophene rings is 1. The summed E-state index contributed by atoms with van der Waals surface area (Å²) in [5.41, 5.74) is 1.06. The van der Waals surface area contributed by atoms with Gasteiger partial charge in [-0.3, -0.25) is 0 Å². The number of aliphatic hydroxyl groups excluding tert-OH is 1. The highest BCUT2D eigenvalue weighted by Crippen LogP contribution is 2.22. The molecular weight excluding hydrogens is 188 g/mol. The van der Waals surface area contributed by atoms with Crippen molar-refractivity contribution in [3.63, 3.8) is 0 Å². The molecule has 0 aliphatic rings. The van der Waals surface area contributed by atoms with E-state index in [0.717, 1.165) is 15.3 Å². The summed E-state index contributed by atoms with van der Waals surface area (Å²) in [5.74, 6) is -1.16. The van der Waals surface area contributed by atoms with E-state index in [1.807, 2.05) is 19.9 Å². The largest absolute Gasteiger partial charge is 0.479 e. The fourth-order valence-electron chi connectivity index (χ4n) is 1.16. The molecule has 0 bridgehead atoms. The monoisotopic (exact) mass is 200 g/mol. The maximum atomic E-state index is 10.4. The first-order chi connectivity index (χ1) is 6.00. The molecule has 0 radical (unpaired) electrons. The molecule has 1 rings (SSSR count). The maximum absolute atomic E-state index is 10.4. The zero-order valence-corrected chi connectivity index (χ0v) is 8.39. The standard InChI is InChI=1S/C9H12O3S/c1-5-3-6(2)13-8(5)4-7(10)9(11)12/h3,7,10H,4H2,1-2H3,(H,11,12). The average Bonchev–Trinajstić information content (AvgIpc) is 2.30. The van der Waals surface area contributed by atoms with Crippen LogP contribution >= 0.6 is 11.3 Å². The van der Waals surface area contributed by atoms with Crippen LogP contribution < -0.4 is 0 Å². The summed E-state index contributed by atoms with van der Waals surface area (Å²) in [6.07, 6.45) is -1.07. The lowest BCUT2D eigenvalue weighted by Gasteiger charge is -2.03. The van der Waals surface area contributed by atoms with E-state index in [0.29, 0.717) is 0 Å².